The van der Waals surface area contributed by atoms with Crippen molar-refractivity contribution in [1.82, 2.24) is 4.90 Å². The molecule has 1 saturated heterocycles. The number of ether oxygens (including phenoxy) is 1. The van der Waals surface area contributed by atoms with Crippen molar-refractivity contribution in [1.29, 1.82) is 0 Å². The van der Waals surface area contributed by atoms with E-state index in [1.807, 2.05) is 25.1 Å². The summed E-state index contributed by atoms with van der Waals surface area (Å²) in [5.41, 5.74) is 2.62. The molecule has 0 bridgehead atoms. The van der Waals surface area contributed by atoms with Crippen LogP contribution in [-0.4, -0.2) is 47.7 Å². The van der Waals surface area contributed by atoms with E-state index in [-0.39, 0.29) is 24.9 Å². The van der Waals surface area contributed by atoms with Crippen molar-refractivity contribution in [2.45, 2.75) is 32.2 Å². The average molecular weight is 331 g/mol. The van der Waals surface area contributed by atoms with E-state index in [1.165, 1.54) is 4.90 Å². The van der Waals surface area contributed by atoms with Crippen LogP contribution in [0.3, 0.4) is 0 Å². The molecule has 0 unspecified atom stereocenters. The van der Waals surface area contributed by atoms with Crippen LogP contribution in [0.15, 0.2) is 28.9 Å². The van der Waals surface area contributed by atoms with E-state index < -0.39 is 5.97 Å². The molecule has 6 heteroatoms. The van der Waals surface area contributed by atoms with Crippen molar-refractivity contribution in [2.24, 2.45) is 0 Å². The summed E-state index contributed by atoms with van der Waals surface area (Å²) in [6, 6.07) is 5.76. The minimum atomic E-state index is -0.998. The predicted molar refractivity (Wildman–Crippen MR) is 87.8 cm³/mol. The van der Waals surface area contributed by atoms with Crippen LogP contribution in [-0.2, 0) is 20.7 Å². The molecule has 1 N–H and O–H groups in total. The summed E-state index contributed by atoms with van der Waals surface area (Å²) in [5, 5.41) is 10.0. The second-order valence-corrected chi connectivity index (χ2v) is 6.20. The van der Waals surface area contributed by atoms with E-state index in [0.717, 1.165) is 22.1 Å². The highest BCUT2D eigenvalue weighted by molar-refractivity contribution is 5.89. The maximum Gasteiger partial charge on any atom is 0.323 e. The first-order valence-electron chi connectivity index (χ1n) is 8.10. The number of furan rings is 1. The first-order chi connectivity index (χ1) is 11.5. The summed E-state index contributed by atoms with van der Waals surface area (Å²) in [4.78, 5) is 25.4. The highest BCUT2D eigenvalue weighted by Crippen LogP contribution is 2.24. The Labute approximate surface area is 140 Å². The highest BCUT2D eigenvalue weighted by Gasteiger charge is 2.28. The zero-order valence-electron chi connectivity index (χ0n) is 13.7. The van der Waals surface area contributed by atoms with E-state index in [1.54, 1.807) is 6.26 Å². The van der Waals surface area contributed by atoms with Gasteiger partial charge in [-0.2, -0.15) is 0 Å². The first-order valence-corrected chi connectivity index (χ1v) is 8.10. The monoisotopic (exact) mass is 331 g/mol. The molecular weight excluding hydrogens is 310 g/mol. The van der Waals surface area contributed by atoms with Gasteiger partial charge in [0.2, 0.25) is 5.91 Å². The van der Waals surface area contributed by atoms with Gasteiger partial charge < -0.3 is 19.2 Å². The number of aliphatic carboxylic acids is 1. The molecule has 0 saturated carbocycles. The number of amides is 1. The number of nitrogens with zero attached hydrogens (tertiary/aromatic N) is 1. The molecule has 1 aliphatic heterocycles. The Kier molecular flexibility index (Phi) is 4.85. The zero-order valence-corrected chi connectivity index (χ0v) is 13.7. The summed E-state index contributed by atoms with van der Waals surface area (Å²) in [6.07, 6.45) is 3.07. The first kappa shape index (κ1) is 16.5. The number of rotatable bonds is 5. The lowest BCUT2D eigenvalue weighted by molar-refractivity contribution is -0.147. The molecule has 2 heterocycles. The van der Waals surface area contributed by atoms with Crippen LogP contribution >= 0.6 is 0 Å². The molecule has 3 rings (SSSR count). The summed E-state index contributed by atoms with van der Waals surface area (Å²) < 4.78 is 10.8. The molecule has 2 aromatic rings. The summed E-state index contributed by atoms with van der Waals surface area (Å²) in [6.45, 7) is 2.81. The maximum absolute atomic E-state index is 12.7. The lowest BCUT2D eigenvalue weighted by Crippen LogP contribution is -2.46. The minimum Gasteiger partial charge on any atom is -0.480 e. The van der Waals surface area contributed by atoms with E-state index in [0.29, 0.717) is 26.1 Å². The van der Waals surface area contributed by atoms with Crippen molar-refractivity contribution >= 4 is 22.8 Å². The Hall–Kier alpha value is -2.34. The number of carboxylic acid groups (broad SMARTS) is 1. The topological polar surface area (TPSA) is 80.0 Å². The number of fused-ring (bicyclic) bond motifs is 1. The maximum atomic E-state index is 12.7. The minimum absolute atomic E-state index is 0.0808. The third kappa shape index (κ3) is 3.59. The summed E-state index contributed by atoms with van der Waals surface area (Å²) in [7, 11) is 0. The van der Waals surface area contributed by atoms with Crippen LogP contribution in [0.1, 0.15) is 24.0 Å². The second-order valence-electron chi connectivity index (χ2n) is 6.20. The van der Waals surface area contributed by atoms with Gasteiger partial charge in [0.05, 0.1) is 12.7 Å². The van der Waals surface area contributed by atoms with E-state index >= 15 is 0 Å². The van der Waals surface area contributed by atoms with E-state index in [2.05, 4.69) is 0 Å². The molecule has 1 aromatic carbocycles. The Morgan fingerprint density at radius 1 is 1.29 bits per heavy atom. The molecule has 0 aliphatic carbocycles. The number of aryl methyl sites for hydroxylation is 1. The molecule has 1 aliphatic rings. The summed E-state index contributed by atoms with van der Waals surface area (Å²) in [5.74, 6) is -1.19. The van der Waals surface area contributed by atoms with Crippen molar-refractivity contribution in [3.8, 4) is 0 Å². The van der Waals surface area contributed by atoms with Crippen LogP contribution in [0.4, 0.5) is 0 Å². The Balaban J connectivity index is 1.79. The second kappa shape index (κ2) is 7.05. The number of carbonyl (C=O) groups excluding carboxylic acids is 1. The number of carbonyl (C=O) groups is 2. The van der Waals surface area contributed by atoms with Gasteiger partial charge in [-0.05, 0) is 31.4 Å². The average Bonchev–Trinajstić information content (AvgIpc) is 2.95. The molecule has 0 radical (unpaired) electrons. The third-order valence-corrected chi connectivity index (χ3v) is 4.41. The fourth-order valence-corrected chi connectivity index (χ4v) is 3.16. The van der Waals surface area contributed by atoms with Crippen LogP contribution in [0.5, 0.6) is 0 Å². The SMILES string of the molecule is Cc1ccc2c(CC(=O)N(CC(=O)O)C3CCOCC3)coc2c1. The van der Waals surface area contributed by atoms with Gasteiger partial charge in [-0.3, -0.25) is 9.59 Å². The quantitative estimate of drug-likeness (QED) is 0.910. The standard InChI is InChI=1S/C18H21NO5/c1-12-2-3-15-13(11-24-16(15)8-12)9-17(20)19(10-18(21)22)14-4-6-23-7-5-14/h2-3,8,11,14H,4-7,9-10H2,1H3,(H,21,22). The third-order valence-electron chi connectivity index (χ3n) is 4.41. The Morgan fingerprint density at radius 2 is 2.04 bits per heavy atom. The normalized spacial score (nSPS) is 15.5. The number of carboxylic acids is 1. The molecule has 1 fully saturated rings. The Morgan fingerprint density at radius 3 is 2.75 bits per heavy atom. The summed E-state index contributed by atoms with van der Waals surface area (Å²) >= 11 is 0. The fourth-order valence-electron chi connectivity index (χ4n) is 3.16. The van der Waals surface area contributed by atoms with Gasteiger partial charge >= 0.3 is 5.97 Å². The molecule has 1 amide bonds. The van der Waals surface area contributed by atoms with E-state index in [9.17, 15) is 9.59 Å². The molecule has 0 atom stereocenters. The van der Waals surface area contributed by atoms with Crippen LogP contribution in [0.2, 0.25) is 0 Å². The number of benzene rings is 1. The van der Waals surface area contributed by atoms with Crippen LogP contribution in [0.25, 0.3) is 11.0 Å². The van der Waals surface area contributed by atoms with Gasteiger partial charge in [0.1, 0.15) is 12.1 Å². The molecule has 0 spiro atoms. The van der Waals surface area contributed by atoms with Crippen molar-refractivity contribution in [3.63, 3.8) is 0 Å². The Bertz CT molecular complexity index is 745. The van der Waals surface area contributed by atoms with Gasteiger partial charge in [-0.25, -0.2) is 0 Å². The van der Waals surface area contributed by atoms with Crippen molar-refractivity contribution in [2.75, 3.05) is 19.8 Å². The van der Waals surface area contributed by atoms with Crippen molar-refractivity contribution in [3.05, 3.63) is 35.6 Å². The number of hydrogen-bond donors (Lipinski definition) is 1. The zero-order chi connectivity index (χ0) is 17.1. The number of hydrogen-bond acceptors (Lipinski definition) is 4. The lowest BCUT2D eigenvalue weighted by atomic mass is 10.0. The smallest absolute Gasteiger partial charge is 0.323 e. The van der Waals surface area contributed by atoms with Gasteiger partial charge in [-0.1, -0.05) is 12.1 Å². The molecule has 24 heavy (non-hydrogen) atoms. The van der Waals surface area contributed by atoms with Crippen LogP contribution < -0.4 is 0 Å². The van der Waals surface area contributed by atoms with Gasteiger partial charge in [-0.15, -0.1) is 0 Å². The predicted octanol–water partition coefficient (Wildman–Crippen LogP) is 2.38. The highest BCUT2D eigenvalue weighted by atomic mass is 16.5. The van der Waals surface area contributed by atoms with Crippen LogP contribution in [0, 0.1) is 6.92 Å². The molecule has 128 valence electrons. The fraction of sp³-hybridized carbons (Fsp3) is 0.444. The molecule has 1 aromatic heterocycles. The van der Waals surface area contributed by atoms with Gasteiger partial charge in [0, 0.05) is 30.2 Å². The van der Waals surface area contributed by atoms with E-state index in [4.69, 9.17) is 14.3 Å². The van der Waals surface area contributed by atoms with Gasteiger partial charge in [0.25, 0.3) is 0 Å². The van der Waals surface area contributed by atoms with Crippen molar-refractivity contribution < 1.29 is 23.8 Å². The lowest BCUT2D eigenvalue weighted by Gasteiger charge is -2.33. The largest absolute Gasteiger partial charge is 0.480 e. The molecular formula is C18H21NO5. The van der Waals surface area contributed by atoms with Gasteiger partial charge in [0.15, 0.2) is 0 Å². The molecule has 6 nitrogen and oxygen atoms in total.